The van der Waals surface area contributed by atoms with Crippen molar-refractivity contribution in [3.8, 4) is 0 Å². The first-order valence-corrected chi connectivity index (χ1v) is 6.47. The Bertz CT molecular complexity index is 262. The molecule has 0 unspecified atom stereocenters. The van der Waals surface area contributed by atoms with E-state index in [1.165, 1.54) is 0 Å². The second-order valence-corrected chi connectivity index (χ2v) is 5.27. The van der Waals surface area contributed by atoms with Crippen LogP contribution in [0.1, 0.15) is 32.1 Å². The Morgan fingerprint density at radius 2 is 1.86 bits per heavy atom. The highest BCUT2D eigenvalue weighted by Gasteiger charge is 2.22. The van der Waals surface area contributed by atoms with Gasteiger partial charge in [-0.05, 0) is 12.8 Å². The van der Waals surface area contributed by atoms with Crippen molar-refractivity contribution in [2.75, 3.05) is 12.3 Å². The fourth-order valence-electron chi connectivity index (χ4n) is 1.75. The van der Waals surface area contributed by atoms with Gasteiger partial charge in [0.15, 0.2) is 0 Å². The smallest absolute Gasteiger partial charge is 0.266 e. The summed E-state index contributed by atoms with van der Waals surface area (Å²) in [5.74, 6) is -0.528. The molecule has 1 rings (SSSR count). The maximum absolute atomic E-state index is 13.3. The number of halogens is 1. The zero-order valence-corrected chi connectivity index (χ0v) is 8.84. The molecule has 1 aliphatic carbocycles. The third kappa shape index (κ3) is 4.34. The predicted molar refractivity (Wildman–Crippen MR) is 51.1 cm³/mol. The van der Waals surface area contributed by atoms with E-state index >= 15 is 0 Å². The minimum absolute atomic E-state index is 0.162. The van der Waals surface area contributed by atoms with Gasteiger partial charge in [-0.3, -0.25) is 4.55 Å². The molecule has 0 amide bonds. The minimum Gasteiger partial charge on any atom is -0.286 e. The van der Waals surface area contributed by atoms with E-state index < -0.39 is 15.9 Å². The largest absolute Gasteiger partial charge is 0.286 e. The van der Waals surface area contributed by atoms with E-state index in [-0.39, 0.29) is 12.6 Å². The highest BCUT2D eigenvalue weighted by atomic mass is 32.2. The van der Waals surface area contributed by atoms with Gasteiger partial charge in [-0.2, -0.15) is 8.42 Å². The molecular formula is C8H16FNO3S. The van der Waals surface area contributed by atoms with Crippen LogP contribution in [0.25, 0.3) is 0 Å². The fraction of sp³-hybridized carbons (Fsp3) is 1.00. The molecule has 0 bridgehead atoms. The van der Waals surface area contributed by atoms with E-state index in [1.54, 1.807) is 0 Å². The summed E-state index contributed by atoms with van der Waals surface area (Å²) in [5, 5.41) is 0.549. The van der Waals surface area contributed by atoms with Crippen molar-refractivity contribution < 1.29 is 17.5 Å². The lowest BCUT2D eigenvalue weighted by atomic mass is 9.95. The van der Waals surface area contributed by atoms with Crippen LogP contribution in [-0.2, 0) is 10.1 Å². The third-order valence-electron chi connectivity index (χ3n) is 2.53. The molecule has 0 aromatic carbocycles. The lowest BCUT2D eigenvalue weighted by Gasteiger charge is -2.26. The van der Waals surface area contributed by atoms with Crippen molar-refractivity contribution in [2.45, 2.75) is 38.1 Å². The second kappa shape index (κ2) is 5.04. The van der Waals surface area contributed by atoms with E-state index in [4.69, 9.17) is 4.55 Å². The SMILES string of the molecule is O=S(=O)(O)CCN(F)C1CCCCC1. The standard InChI is InChI=1S/C8H16FNO3S/c9-10(6-7-14(11,12)13)8-4-2-1-3-5-8/h8H,1-7H2,(H,11,12,13). The van der Waals surface area contributed by atoms with E-state index in [1.807, 2.05) is 0 Å². The lowest BCUT2D eigenvalue weighted by molar-refractivity contribution is -0.0298. The van der Waals surface area contributed by atoms with Crippen LogP contribution in [0.5, 0.6) is 0 Å². The average Bonchev–Trinajstić information content (AvgIpc) is 2.14. The van der Waals surface area contributed by atoms with Crippen LogP contribution in [-0.4, -0.2) is 36.4 Å². The van der Waals surface area contributed by atoms with Gasteiger partial charge in [0, 0.05) is 12.6 Å². The molecule has 0 heterocycles. The van der Waals surface area contributed by atoms with Crippen molar-refractivity contribution in [3.05, 3.63) is 0 Å². The van der Waals surface area contributed by atoms with Crippen molar-refractivity contribution >= 4 is 10.1 Å². The summed E-state index contributed by atoms with van der Waals surface area (Å²) in [6.45, 7) is -0.233. The Labute approximate surface area is 83.8 Å². The van der Waals surface area contributed by atoms with Crippen molar-refractivity contribution in [2.24, 2.45) is 0 Å². The van der Waals surface area contributed by atoms with Gasteiger partial charge in [0.1, 0.15) is 0 Å². The zero-order chi connectivity index (χ0) is 10.6. The summed E-state index contributed by atoms with van der Waals surface area (Å²) in [5.41, 5.74) is 0. The molecule has 0 aromatic heterocycles. The molecule has 4 nitrogen and oxygen atoms in total. The van der Waals surface area contributed by atoms with Gasteiger partial charge >= 0.3 is 0 Å². The second-order valence-electron chi connectivity index (χ2n) is 3.70. The molecular weight excluding hydrogens is 209 g/mol. The molecule has 0 aromatic rings. The minimum atomic E-state index is -4.04. The number of rotatable bonds is 4. The van der Waals surface area contributed by atoms with Gasteiger partial charge in [0.05, 0.1) is 5.75 Å². The molecule has 1 aliphatic rings. The van der Waals surface area contributed by atoms with Crippen LogP contribution in [0.4, 0.5) is 4.48 Å². The summed E-state index contributed by atoms with van der Waals surface area (Å²) < 4.78 is 42.5. The van der Waals surface area contributed by atoms with Gasteiger partial charge < -0.3 is 0 Å². The molecule has 1 fully saturated rings. The van der Waals surface area contributed by atoms with Gasteiger partial charge in [-0.15, -0.1) is 9.60 Å². The normalized spacial score (nSPS) is 20.2. The Balaban J connectivity index is 2.30. The van der Waals surface area contributed by atoms with E-state index in [9.17, 15) is 12.9 Å². The van der Waals surface area contributed by atoms with Crippen molar-refractivity contribution in [3.63, 3.8) is 0 Å². The van der Waals surface area contributed by atoms with Crippen LogP contribution in [0.3, 0.4) is 0 Å². The van der Waals surface area contributed by atoms with Crippen LogP contribution in [0.15, 0.2) is 0 Å². The highest BCUT2D eigenvalue weighted by molar-refractivity contribution is 7.85. The van der Waals surface area contributed by atoms with Crippen molar-refractivity contribution in [1.29, 1.82) is 0 Å². The molecule has 6 heteroatoms. The van der Waals surface area contributed by atoms with Gasteiger partial charge in [-0.25, -0.2) is 0 Å². The molecule has 0 radical (unpaired) electrons. The number of hydrogen-bond acceptors (Lipinski definition) is 3. The van der Waals surface area contributed by atoms with Crippen LogP contribution < -0.4 is 0 Å². The quantitative estimate of drug-likeness (QED) is 0.580. The summed E-state index contributed by atoms with van der Waals surface area (Å²) in [6.07, 6.45) is 4.68. The summed E-state index contributed by atoms with van der Waals surface area (Å²) >= 11 is 0. The average molecular weight is 225 g/mol. The van der Waals surface area contributed by atoms with Gasteiger partial charge in [0.25, 0.3) is 10.1 Å². The molecule has 0 atom stereocenters. The molecule has 1 saturated carbocycles. The van der Waals surface area contributed by atoms with Crippen LogP contribution in [0.2, 0.25) is 0 Å². The van der Waals surface area contributed by atoms with Crippen LogP contribution >= 0.6 is 0 Å². The molecule has 14 heavy (non-hydrogen) atoms. The summed E-state index contributed by atoms with van der Waals surface area (Å²) in [7, 11) is -4.04. The molecule has 0 aliphatic heterocycles. The molecule has 0 spiro atoms. The number of nitrogens with zero attached hydrogens (tertiary/aromatic N) is 1. The predicted octanol–water partition coefficient (Wildman–Crippen LogP) is 1.39. The summed E-state index contributed by atoms with van der Waals surface area (Å²) in [6, 6.07) is -0.162. The Kier molecular flexibility index (Phi) is 4.28. The van der Waals surface area contributed by atoms with Crippen LogP contribution in [0, 0.1) is 0 Å². The molecule has 84 valence electrons. The molecule has 1 N–H and O–H groups in total. The van der Waals surface area contributed by atoms with E-state index in [2.05, 4.69) is 0 Å². The van der Waals surface area contributed by atoms with E-state index in [0.29, 0.717) is 5.12 Å². The Hall–Kier alpha value is -0.200. The monoisotopic (exact) mass is 225 g/mol. The topological polar surface area (TPSA) is 57.6 Å². The van der Waals surface area contributed by atoms with Crippen molar-refractivity contribution in [1.82, 2.24) is 5.12 Å². The van der Waals surface area contributed by atoms with Gasteiger partial charge in [0.2, 0.25) is 0 Å². The fourth-order valence-corrected chi connectivity index (χ4v) is 2.15. The first-order chi connectivity index (χ1) is 6.49. The maximum Gasteiger partial charge on any atom is 0.266 e. The maximum atomic E-state index is 13.3. The Morgan fingerprint density at radius 1 is 1.29 bits per heavy atom. The summed E-state index contributed by atoms with van der Waals surface area (Å²) in [4.78, 5) is 0. The molecule has 0 saturated heterocycles. The Morgan fingerprint density at radius 3 is 2.36 bits per heavy atom. The first kappa shape index (κ1) is 11.9. The van der Waals surface area contributed by atoms with Gasteiger partial charge in [-0.1, -0.05) is 19.3 Å². The lowest BCUT2D eigenvalue weighted by Crippen LogP contribution is -2.33. The third-order valence-corrected chi connectivity index (χ3v) is 3.23. The van der Waals surface area contributed by atoms with E-state index in [0.717, 1.165) is 32.1 Å². The number of hydrogen-bond donors (Lipinski definition) is 1. The zero-order valence-electron chi connectivity index (χ0n) is 8.02. The first-order valence-electron chi connectivity index (χ1n) is 4.86. The highest BCUT2D eigenvalue weighted by Crippen LogP contribution is 2.22.